The van der Waals surface area contributed by atoms with Crippen LogP contribution in [0.15, 0.2) is 36.9 Å². The second kappa shape index (κ2) is 8.83. The van der Waals surface area contributed by atoms with Crippen LogP contribution in [0, 0.1) is 0 Å². The van der Waals surface area contributed by atoms with Crippen LogP contribution >= 0.6 is 0 Å². The van der Waals surface area contributed by atoms with Crippen LogP contribution in [0.3, 0.4) is 0 Å². The van der Waals surface area contributed by atoms with Crippen molar-refractivity contribution in [2.45, 2.75) is 19.4 Å². The molecule has 0 radical (unpaired) electrons. The van der Waals surface area contributed by atoms with Crippen LogP contribution in [0.2, 0.25) is 0 Å². The molecule has 130 valence electrons. The van der Waals surface area contributed by atoms with Gasteiger partial charge in [-0.3, -0.25) is 14.4 Å². The molecule has 0 aliphatic rings. The maximum absolute atomic E-state index is 11.9. The Bertz CT molecular complexity index is 602. The summed E-state index contributed by atoms with van der Waals surface area (Å²) >= 11 is 0. The number of amides is 2. The summed E-state index contributed by atoms with van der Waals surface area (Å²) in [6.45, 7) is 6.52. The zero-order valence-electron chi connectivity index (χ0n) is 13.8. The van der Waals surface area contributed by atoms with E-state index in [0.717, 1.165) is 6.08 Å². The molecule has 0 aliphatic heterocycles. The molecule has 0 saturated carbocycles. The maximum Gasteiger partial charge on any atom is 0.243 e. The van der Waals surface area contributed by atoms with E-state index in [1.54, 1.807) is 24.3 Å². The Morgan fingerprint density at radius 1 is 1.21 bits per heavy atom. The predicted octanol–water partition coefficient (Wildman–Crippen LogP) is 0.437. The van der Waals surface area contributed by atoms with E-state index in [1.807, 2.05) is 0 Å². The maximum atomic E-state index is 11.9. The fourth-order valence-electron chi connectivity index (χ4n) is 1.72. The van der Waals surface area contributed by atoms with E-state index in [2.05, 4.69) is 17.2 Å². The van der Waals surface area contributed by atoms with Gasteiger partial charge in [0.15, 0.2) is 5.78 Å². The summed E-state index contributed by atoms with van der Waals surface area (Å²) in [5, 5.41) is 14.6. The van der Waals surface area contributed by atoms with Gasteiger partial charge in [0.2, 0.25) is 11.8 Å². The second-order valence-corrected chi connectivity index (χ2v) is 5.53. The first-order valence-corrected chi connectivity index (χ1v) is 7.41. The molecule has 0 atom stereocenters. The molecule has 7 nitrogen and oxygen atoms in total. The highest BCUT2D eigenvalue weighted by Gasteiger charge is 2.24. The van der Waals surface area contributed by atoms with Gasteiger partial charge in [-0.2, -0.15) is 0 Å². The fourth-order valence-corrected chi connectivity index (χ4v) is 1.72. The lowest BCUT2D eigenvalue weighted by atomic mass is 9.97. The molecule has 0 bridgehead atoms. The van der Waals surface area contributed by atoms with E-state index < -0.39 is 11.5 Å². The molecule has 0 aromatic heterocycles. The number of aliphatic hydroxyl groups is 1. The van der Waals surface area contributed by atoms with Gasteiger partial charge < -0.3 is 20.5 Å². The summed E-state index contributed by atoms with van der Waals surface area (Å²) in [6, 6.07) is 6.37. The van der Waals surface area contributed by atoms with Crippen molar-refractivity contribution in [3.8, 4) is 5.75 Å². The average Bonchev–Trinajstić information content (AvgIpc) is 2.55. The lowest BCUT2D eigenvalue weighted by Gasteiger charge is -2.15. The first kappa shape index (κ1) is 19.4. The summed E-state index contributed by atoms with van der Waals surface area (Å²) in [5.74, 6) is -0.582. The van der Waals surface area contributed by atoms with Gasteiger partial charge >= 0.3 is 0 Å². The molecule has 0 unspecified atom stereocenters. The molecule has 1 aromatic rings. The topological polar surface area (TPSA) is 105 Å². The SMILES string of the molecule is C=CC(=O)NCC(=O)NCCOc1ccc(C(=O)C(C)(C)O)cc1. The van der Waals surface area contributed by atoms with Gasteiger partial charge in [-0.1, -0.05) is 6.58 Å². The molecule has 3 N–H and O–H groups in total. The average molecular weight is 334 g/mol. The van der Waals surface area contributed by atoms with E-state index >= 15 is 0 Å². The highest BCUT2D eigenvalue weighted by Crippen LogP contribution is 2.16. The van der Waals surface area contributed by atoms with Crippen LogP contribution in [0.5, 0.6) is 5.75 Å². The molecule has 7 heteroatoms. The fraction of sp³-hybridized carbons (Fsp3) is 0.353. The van der Waals surface area contributed by atoms with Crippen molar-refractivity contribution in [3.63, 3.8) is 0 Å². The Morgan fingerprint density at radius 2 is 1.83 bits per heavy atom. The number of ether oxygens (including phenoxy) is 1. The number of nitrogens with one attached hydrogen (secondary N) is 2. The van der Waals surface area contributed by atoms with Crippen molar-refractivity contribution in [2.75, 3.05) is 19.7 Å². The lowest BCUT2D eigenvalue weighted by molar-refractivity contribution is -0.124. The minimum absolute atomic E-state index is 0.126. The van der Waals surface area contributed by atoms with Crippen LogP contribution in [0.4, 0.5) is 0 Å². The lowest BCUT2D eigenvalue weighted by Crippen LogP contribution is -2.37. The molecule has 0 fully saturated rings. The Hall–Kier alpha value is -2.67. The zero-order chi connectivity index (χ0) is 18.2. The molecule has 0 saturated heterocycles. The summed E-state index contributed by atoms with van der Waals surface area (Å²) in [4.78, 5) is 34.2. The highest BCUT2D eigenvalue weighted by atomic mass is 16.5. The van der Waals surface area contributed by atoms with Gasteiger partial charge in [-0.15, -0.1) is 0 Å². The molecular weight excluding hydrogens is 312 g/mol. The van der Waals surface area contributed by atoms with Gasteiger partial charge in [0.25, 0.3) is 0 Å². The van der Waals surface area contributed by atoms with Crippen LogP contribution < -0.4 is 15.4 Å². The quantitative estimate of drug-likeness (QED) is 0.345. The minimum atomic E-state index is -1.42. The van der Waals surface area contributed by atoms with Crippen molar-refractivity contribution >= 4 is 17.6 Å². The van der Waals surface area contributed by atoms with Crippen LogP contribution in [-0.2, 0) is 9.59 Å². The third-order valence-electron chi connectivity index (χ3n) is 2.97. The molecule has 1 aromatic carbocycles. The van der Waals surface area contributed by atoms with E-state index in [4.69, 9.17) is 4.74 Å². The number of hydrogen-bond donors (Lipinski definition) is 3. The Kier molecular flexibility index (Phi) is 7.13. The van der Waals surface area contributed by atoms with Gasteiger partial charge in [-0.05, 0) is 44.2 Å². The van der Waals surface area contributed by atoms with E-state index in [-0.39, 0.29) is 31.4 Å². The molecule has 2 amide bonds. The van der Waals surface area contributed by atoms with Gasteiger partial charge in [0, 0.05) is 5.56 Å². The van der Waals surface area contributed by atoms with Crippen molar-refractivity contribution in [1.29, 1.82) is 0 Å². The van der Waals surface area contributed by atoms with Crippen molar-refractivity contribution in [2.24, 2.45) is 0 Å². The van der Waals surface area contributed by atoms with Gasteiger partial charge in [0.1, 0.15) is 18.0 Å². The molecule has 0 aliphatic carbocycles. The third-order valence-corrected chi connectivity index (χ3v) is 2.97. The minimum Gasteiger partial charge on any atom is -0.492 e. The van der Waals surface area contributed by atoms with E-state index in [0.29, 0.717) is 11.3 Å². The van der Waals surface area contributed by atoms with Gasteiger partial charge in [0.05, 0.1) is 13.1 Å². The monoisotopic (exact) mass is 334 g/mol. The number of hydrogen-bond acceptors (Lipinski definition) is 5. The Morgan fingerprint density at radius 3 is 2.38 bits per heavy atom. The summed E-state index contributed by atoms with van der Waals surface area (Å²) in [7, 11) is 0. The number of Topliss-reactive ketones (excluding diaryl/α,β-unsaturated/α-hetero) is 1. The Balaban J connectivity index is 2.33. The number of rotatable bonds is 9. The number of benzene rings is 1. The number of carbonyl (C=O) groups excluding carboxylic acids is 3. The zero-order valence-corrected chi connectivity index (χ0v) is 13.8. The first-order chi connectivity index (χ1) is 11.2. The van der Waals surface area contributed by atoms with Crippen LogP contribution in [-0.4, -0.2) is 48.0 Å². The Labute approximate surface area is 140 Å². The summed E-state index contributed by atoms with van der Waals surface area (Å²) in [5.41, 5.74) is -1.03. The third kappa shape index (κ3) is 6.62. The standard InChI is InChI=1S/C17H22N2O5/c1-4-14(20)19-11-15(21)18-9-10-24-13-7-5-12(6-8-13)16(22)17(2,3)23/h4-8,23H,1,9-11H2,2-3H3,(H,18,21)(H,19,20). The molecular formula is C17H22N2O5. The smallest absolute Gasteiger partial charge is 0.243 e. The van der Waals surface area contributed by atoms with E-state index in [1.165, 1.54) is 13.8 Å². The molecule has 0 heterocycles. The van der Waals surface area contributed by atoms with Crippen LogP contribution in [0.25, 0.3) is 0 Å². The normalized spacial score (nSPS) is 10.6. The number of carbonyl (C=O) groups is 3. The van der Waals surface area contributed by atoms with Gasteiger partial charge in [-0.25, -0.2) is 0 Å². The second-order valence-electron chi connectivity index (χ2n) is 5.53. The van der Waals surface area contributed by atoms with Crippen molar-refractivity contribution in [1.82, 2.24) is 10.6 Å². The largest absolute Gasteiger partial charge is 0.492 e. The van der Waals surface area contributed by atoms with Crippen LogP contribution in [0.1, 0.15) is 24.2 Å². The predicted molar refractivity (Wildman–Crippen MR) is 88.8 cm³/mol. The molecule has 0 spiro atoms. The molecule has 24 heavy (non-hydrogen) atoms. The summed E-state index contributed by atoms with van der Waals surface area (Å²) in [6.07, 6.45) is 1.09. The first-order valence-electron chi connectivity index (χ1n) is 7.41. The highest BCUT2D eigenvalue weighted by molar-refractivity contribution is 6.01. The molecule has 1 rings (SSSR count). The summed E-state index contributed by atoms with van der Waals surface area (Å²) < 4.78 is 5.43. The van der Waals surface area contributed by atoms with Crippen molar-refractivity contribution in [3.05, 3.63) is 42.5 Å². The number of ketones is 1. The van der Waals surface area contributed by atoms with E-state index in [9.17, 15) is 19.5 Å². The van der Waals surface area contributed by atoms with Crippen molar-refractivity contribution < 1.29 is 24.2 Å².